The lowest BCUT2D eigenvalue weighted by Gasteiger charge is -2.39. The van der Waals surface area contributed by atoms with Gasteiger partial charge in [-0.15, -0.1) is 0 Å². The number of nitrogens with zero attached hydrogens (tertiary/aromatic N) is 1. The quantitative estimate of drug-likeness (QED) is 0.715. The van der Waals surface area contributed by atoms with Crippen molar-refractivity contribution in [2.75, 3.05) is 18.6 Å². The normalized spacial score (nSPS) is 20.0. The first-order valence-electron chi connectivity index (χ1n) is 9.64. The molecule has 0 saturated heterocycles. The van der Waals surface area contributed by atoms with Crippen LogP contribution in [0.3, 0.4) is 0 Å². The topological polar surface area (TPSA) is 58.6 Å². The van der Waals surface area contributed by atoms with Crippen molar-refractivity contribution < 1.29 is 13.2 Å². The molecule has 0 heterocycles. The van der Waals surface area contributed by atoms with Crippen molar-refractivity contribution in [3.63, 3.8) is 0 Å². The van der Waals surface area contributed by atoms with Gasteiger partial charge in [0.1, 0.15) is 5.75 Å². The fourth-order valence-electron chi connectivity index (χ4n) is 3.73. The Labute approximate surface area is 172 Å². The minimum atomic E-state index is -3.59. The molecule has 0 radical (unpaired) electrons. The van der Waals surface area contributed by atoms with Gasteiger partial charge in [0.05, 0.1) is 11.5 Å². The van der Waals surface area contributed by atoms with Crippen molar-refractivity contribution in [1.29, 1.82) is 0 Å². The van der Waals surface area contributed by atoms with Crippen molar-refractivity contribution in [2.45, 2.75) is 49.6 Å². The monoisotopic (exact) mass is 422 g/mol. The van der Waals surface area contributed by atoms with Gasteiger partial charge in [0.15, 0.2) is 0 Å². The second kappa shape index (κ2) is 9.16. The molecule has 1 aliphatic carbocycles. The van der Waals surface area contributed by atoms with Gasteiger partial charge in [-0.3, -0.25) is 0 Å². The Kier molecular flexibility index (Phi) is 6.86. The van der Waals surface area contributed by atoms with E-state index in [9.17, 15) is 8.42 Å². The Morgan fingerprint density at radius 2 is 1.71 bits per heavy atom. The third-order valence-electron chi connectivity index (χ3n) is 5.21. The zero-order chi connectivity index (χ0) is 20.1. The van der Waals surface area contributed by atoms with Gasteiger partial charge in [-0.25, -0.2) is 13.1 Å². The molecule has 7 heteroatoms. The summed E-state index contributed by atoms with van der Waals surface area (Å²) in [5, 5.41) is 0.518. The molecule has 5 nitrogen and oxygen atoms in total. The van der Waals surface area contributed by atoms with Gasteiger partial charge in [-0.05, 0) is 68.3 Å². The summed E-state index contributed by atoms with van der Waals surface area (Å²) in [4.78, 5) is 2.41. The number of anilines is 1. The summed E-state index contributed by atoms with van der Waals surface area (Å²) >= 11 is 5.89. The number of halogens is 1. The van der Waals surface area contributed by atoms with Crippen molar-refractivity contribution >= 4 is 27.3 Å². The number of hydrogen-bond donors (Lipinski definition) is 1. The first kappa shape index (κ1) is 21.0. The summed E-state index contributed by atoms with van der Waals surface area (Å²) in [6, 6.07) is 14.2. The van der Waals surface area contributed by atoms with Gasteiger partial charge in [0, 0.05) is 29.8 Å². The fourth-order valence-corrected chi connectivity index (χ4v) is 5.16. The Bertz CT molecular complexity index is 870. The van der Waals surface area contributed by atoms with Crippen molar-refractivity contribution in [2.24, 2.45) is 0 Å². The first-order valence-corrected chi connectivity index (χ1v) is 11.5. The van der Waals surface area contributed by atoms with Gasteiger partial charge in [0.25, 0.3) is 0 Å². The van der Waals surface area contributed by atoms with Crippen LogP contribution in [-0.4, -0.2) is 34.2 Å². The van der Waals surface area contributed by atoms with Crippen LogP contribution < -0.4 is 14.4 Å². The lowest BCUT2D eigenvalue weighted by Crippen LogP contribution is -2.52. The molecular formula is C21H27ClN2O3S. The maximum atomic E-state index is 12.8. The number of rotatable bonds is 7. The minimum Gasteiger partial charge on any atom is -0.494 e. The molecule has 0 bridgehead atoms. The molecule has 1 aliphatic rings. The number of benzene rings is 2. The van der Waals surface area contributed by atoms with Crippen molar-refractivity contribution in [1.82, 2.24) is 4.72 Å². The molecule has 0 spiro atoms. The van der Waals surface area contributed by atoms with Crippen molar-refractivity contribution in [3.05, 3.63) is 53.6 Å². The van der Waals surface area contributed by atoms with E-state index in [1.807, 2.05) is 38.2 Å². The zero-order valence-corrected chi connectivity index (χ0v) is 17.8. The molecule has 152 valence electrons. The van der Waals surface area contributed by atoms with E-state index in [2.05, 4.69) is 9.62 Å². The number of hydrogen-bond acceptors (Lipinski definition) is 4. The van der Waals surface area contributed by atoms with Crippen LogP contribution in [-0.2, 0) is 10.0 Å². The summed E-state index contributed by atoms with van der Waals surface area (Å²) in [5.41, 5.74) is 1.05. The Morgan fingerprint density at radius 3 is 2.36 bits per heavy atom. The molecule has 0 aromatic heterocycles. The van der Waals surface area contributed by atoms with Crippen LogP contribution in [0.15, 0.2) is 53.4 Å². The van der Waals surface area contributed by atoms with E-state index in [1.54, 1.807) is 24.3 Å². The summed E-state index contributed by atoms with van der Waals surface area (Å²) in [7, 11) is -1.57. The van der Waals surface area contributed by atoms with Crippen molar-refractivity contribution in [3.8, 4) is 5.75 Å². The van der Waals surface area contributed by atoms with Crippen LogP contribution in [0.2, 0.25) is 5.02 Å². The van der Waals surface area contributed by atoms with Crippen LogP contribution in [0.25, 0.3) is 0 Å². The number of nitrogens with one attached hydrogen (secondary N) is 1. The molecular weight excluding hydrogens is 396 g/mol. The maximum absolute atomic E-state index is 12.8. The van der Waals surface area contributed by atoms with Gasteiger partial charge in [-0.2, -0.15) is 0 Å². The summed E-state index contributed by atoms with van der Waals surface area (Å²) in [6.07, 6.45) is 3.86. The van der Waals surface area contributed by atoms with E-state index in [4.69, 9.17) is 16.3 Å². The second-order valence-corrected chi connectivity index (χ2v) is 9.22. The predicted molar refractivity (Wildman–Crippen MR) is 114 cm³/mol. The molecule has 1 saturated carbocycles. The molecule has 28 heavy (non-hydrogen) atoms. The Morgan fingerprint density at radius 1 is 1.07 bits per heavy atom. The van der Waals surface area contributed by atoms with Crippen LogP contribution in [0.4, 0.5) is 5.69 Å². The van der Waals surface area contributed by atoms with Gasteiger partial charge in [-0.1, -0.05) is 24.4 Å². The molecule has 0 amide bonds. The Hall–Kier alpha value is -1.76. The van der Waals surface area contributed by atoms with E-state index in [-0.39, 0.29) is 17.0 Å². The predicted octanol–water partition coefficient (Wildman–Crippen LogP) is 4.46. The summed E-state index contributed by atoms with van der Waals surface area (Å²) in [5.74, 6) is 0.836. The average molecular weight is 423 g/mol. The van der Waals surface area contributed by atoms with E-state index in [0.29, 0.717) is 11.6 Å². The molecule has 0 aliphatic heterocycles. The number of likely N-dealkylation sites (N-methyl/N-ethyl adjacent to an activating group) is 1. The minimum absolute atomic E-state index is 0.0915. The summed E-state index contributed by atoms with van der Waals surface area (Å²) in [6.45, 7) is 2.59. The standard InChI is InChI=1S/C21H27ClN2O3S/c1-3-27-18-12-10-17(11-13-18)24(2)21-7-5-4-6-20(21)23-28(25,26)19-14-8-16(22)9-15-19/h8-15,20-21,23H,3-7H2,1-2H3/t20-,21+/m1/s1. The molecule has 2 aromatic carbocycles. The third-order valence-corrected chi connectivity index (χ3v) is 6.97. The highest BCUT2D eigenvalue weighted by molar-refractivity contribution is 7.89. The maximum Gasteiger partial charge on any atom is 0.240 e. The molecule has 1 fully saturated rings. The van der Waals surface area contributed by atoms with Gasteiger partial charge in [0.2, 0.25) is 10.0 Å². The van der Waals surface area contributed by atoms with Gasteiger partial charge < -0.3 is 9.64 Å². The lowest BCUT2D eigenvalue weighted by atomic mass is 9.90. The van der Waals surface area contributed by atoms with Crippen LogP contribution >= 0.6 is 11.6 Å². The molecule has 2 atom stereocenters. The van der Waals surface area contributed by atoms with E-state index >= 15 is 0 Å². The fraction of sp³-hybridized carbons (Fsp3) is 0.429. The highest BCUT2D eigenvalue weighted by atomic mass is 35.5. The number of ether oxygens (including phenoxy) is 1. The first-order chi connectivity index (χ1) is 13.4. The number of sulfonamides is 1. The molecule has 2 aromatic rings. The van der Waals surface area contributed by atoms with Gasteiger partial charge >= 0.3 is 0 Å². The van der Waals surface area contributed by atoms with E-state index in [1.165, 1.54) is 0 Å². The lowest BCUT2D eigenvalue weighted by molar-refractivity contribution is 0.339. The highest BCUT2D eigenvalue weighted by Crippen LogP contribution is 2.29. The van der Waals surface area contributed by atoms with E-state index < -0.39 is 10.0 Å². The highest BCUT2D eigenvalue weighted by Gasteiger charge is 2.32. The smallest absolute Gasteiger partial charge is 0.240 e. The van der Waals surface area contributed by atoms with Crippen LogP contribution in [0.5, 0.6) is 5.75 Å². The van der Waals surface area contributed by atoms with Crippen LogP contribution in [0, 0.1) is 0 Å². The van der Waals surface area contributed by atoms with E-state index in [0.717, 1.165) is 37.1 Å². The zero-order valence-electron chi connectivity index (χ0n) is 16.3. The Balaban J connectivity index is 1.76. The molecule has 1 N–H and O–H groups in total. The summed E-state index contributed by atoms with van der Waals surface area (Å²) < 4.78 is 34.1. The second-order valence-electron chi connectivity index (χ2n) is 7.07. The molecule has 0 unspecified atom stereocenters. The molecule has 3 rings (SSSR count). The SMILES string of the molecule is CCOc1ccc(N(C)[C@H]2CCCC[C@H]2NS(=O)(=O)c2ccc(Cl)cc2)cc1. The third kappa shape index (κ3) is 4.99. The largest absolute Gasteiger partial charge is 0.494 e. The van der Waals surface area contributed by atoms with Crippen LogP contribution in [0.1, 0.15) is 32.6 Å². The average Bonchev–Trinajstić information content (AvgIpc) is 2.69.